The second kappa shape index (κ2) is 10.1. The molecule has 1 amide bonds. The number of benzene rings is 2. The minimum Gasteiger partial charge on any atom is -0.494 e. The summed E-state index contributed by atoms with van der Waals surface area (Å²) >= 11 is 0. The summed E-state index contributed by atoms with van der Waals surface area (Å²) in [7, 11) is 1.59. The molecule has 6 nitrogen and oxygen atoms in total. The summed E-state index contributed by atoms with van der Waals surface area (Å²) in [5.41, 5.74) is 3.44. The standard InChI is InChI=1S/C27H31NO5/c1-4-12-33-20-9-6-17(7-10-20)19-13-22-27(23(29)14-19)21(16-26(30)28-22)18-8-11-24(32-5-2)25(15-18)31-3/h6-11,15,19,21H,4-5,12-14,16H2,1-3H3,(H,28,30). The average molecular weight is 450 g/mol. The molecule has 174 valence electrons. The highest BCUT2D eigenvalue weighted by Gasteiger charge is 2.38. The van der Waals surface area contributed by atoms with E-state index in [1.54, 1.807) is 7.11 Å². The third-order valence-electron chi connectivity index (χ3n) is 6.25. The molecule has 0 saturated carbocycles. The molecule has 4 rings (SSSR count). The van der Waals surface area contributed by atoms with E-state index >= 15 is 0 Å². The summed E-state index contributed by atoms with van der Waals surface area (Å²) in [5, 5.41) is 2.99. The van der Waals surface area contributed by atoms with Crippen LogP contribution in [0.1, 0.15) is 62.5 Å². The second-order valence-corrected chi connectivity index (χ2v) is 8.49. The van der Waals surface area contributed by atoms with Crippen LogP contribution in [0.3, 0.4) is 0 Å². The first-order chi connectivity index (χ1) is 16.0. The van der Waals surface area contributed by atoms with E-state index in [0.717, 1.165) is 34.6 Å². The van der Waals surface area contributed by atoms with Gasteiger partial charge in [-0.15, -0.1) is 0 Å². The van der Waals surface area contributed by atoms with E-state index in [2.05, 4.69) is 12.2 Å². The van der Waals surface area contributed by atoms with E-state index in [0.29, 0.717) is 37.6 Å². The van der Waals surface area contributed by atoms with Crippen molar-refractivity contribution in [2.24, 2.45) is 0 Å². The summed E-state index contributed by atoms with van der Waals surface area (Å²) in [6, 6.07) is 13.6. The molecule has 0 saturated heterocycles. The van der Waals surface area contributed by atoms with Gasteiger partial charge in [-0.1, -0.05) is 25.1 Å². The number of nitrogens with one attached hydrogen (secondary N) is 1. The van der Waals surface area contributed by atoms with Gasteiger partial charge < -0.3 is 19.5 Å². The molecule has 1 heterocycles. The first-order valence-electron chi connectivity index (χ1n) is 11.6. The Kier molecular flexibility index (Phi) is 7.02. The zero-order chi connectivity index (χ0) is 23.4. The number of rotatable bonds is 8. The predicted octanol–water partition coefficient (Wildman–Crippen LogP) is 4.89. The summed E-state index contributed by atoms with van der Waals surface area (Å²) < 4.78 is 16.8. The number of ketones is 1. The lowest BCUT2D eigenvalue weighted by Gasteiger charge is -2.34. The summed E-state index contributed by atoms with van der Waals surface area (Å²) in [6.07, 6.45) is 2.26. The normalized spacial score (nSPS) is 20.2. The van der Waals surface area contributed by atoms with E-state index in [1.807, 2.05) is 49.4 Å². The highest BCUT2D eigenvalue weighted by atomic mass is 16.5. The molecule has 2 aromatic carbocycles. The first-order valence-corrected chi connectivity index (χ1v) is 11.6. The van der Waals surface area contributed by atoms with E-state index in [1.165, 1.54) is 0 Å². The number of carbonyl (C=O) groups excluding carboxylic acids is 2. The van der Waals surface area contributed by atoms with Crippen LogP contribution in [-0.4, -0.2) is 32.0 Å². The lowest BCUT2D eigenvalue weighted by molar-refractivity contribution is -0.122. The number of Topliss-reactive ketones (excluding diaryl/α,β-unsaturated/α-hetero) is 1. The van der Waals surface area contributed by atoms with Gasteiger partial charge in [0, 0.05) is 30.0 Å². The third kappa shape index (κ3) is 4.90. The highest BCUT2D eigenvalue weighted by Crippen LogP contribution is 2.44. The fraction of sp³-hybridized carbons (Fsp3) is 0.407. The van der Waals surface area contributed by atoms with Gasteiger partial charge in [-0.2, -0.15) is 0 Å². The molecule has 33 heavy (non-hydrogen) atoms. The number of ether oxygens (including phenoxy) is 3. The zero-order valence-corrected chi connectivity index (χ0v) is 19.5. The van der Waals surface area contributed by atoms with E-state index < -0.39 is 0 Å². The van der Waals surface area contributed by atoms with Crippen LogP contribution < -0.4 is 19.5 Å². The molecular formula is C27H31NO5. The maximum absolute atomic E-state index is 13.3. The number of hydrogen-bond acceptors (Lipinski definition) is 5. The van der Waals surface area contributed by atoms with E-state index in [-0.39, 0.29) is 29.9 Å². The van der Waals surface area contributed by atoms with Crippen LogP contribution >= 0.6 is 0 Å². The first kappa shape index (κ1) is 22.9. The molecule has 0 fully saturated rings. The summed E-state index contributed by atoms with van der Waals surface area (Å²) in [4.78, 5) is 25.9. The van der Waals surface area contributed by atoms with Gasteiger partial charge in [0.15, 0.2) is 17.3 Å². The average Bonchev–Trinajstić information content (AvgIpc) is 2.82. The molecule has 2 aliphatic rings. The predicted molar refractivity (Wildman–Crippen MR) is 126 cm³/mol. The van der Waals surface area contributed by atoms with Gasteiger partial charge in [0.25, 0.3) is 0 Å². The van der Waals surface area contributed by atoms with Crippen molar-refractivity contribution in [3.05, 3.63) is 64.9 Å². The van der Waals surface area contributed by atoms with Crippen molar-refractivity contribution in [3.8, 4) is 17.2 Å². The Morgan fingerprint density at radius 2 is 1.67 bits per heavy atom. The van der Waals surface area contributed by atoms with Crippen LogP contribution in [0.5, 0.6) is 17.2 Å². The Morgan fingerprint density at radius 1 is 0.909 bits per heavy atom. The van der Waals surface area contributed by atoms with Gasteiger partial charge in [-0.25, -0.2) is 0 Å². The quantitative estimate of drug-likeness (QED) is 0.621. The molecular weight excluding hydrogens is 418 g/mol. The molecule has 6 heteroatoms. The van der Waals surface area contributed by atoms with E-state index in [4.69, 9.17) is 14.2 Å². The van der Waals surface area contributed by atoms with Crippen LogP contribution in [0.4, 0.5) is 0 Å². The largest absolute Gasteiger partial charge is 0.494 e. The van der Waals surface area contributed by atoms with Crippen molar-refractivity contribution >= 4 is 11.7 Å². The van der Waals surface area contributed by atoms with Gasteiger partial charge in [0.1, 0.15) is 5.75 Å². The Bertz CT molecular complexity index is 1060. The lowest BCUT2D eigenvalue weighted by Crippen LogP contribution is -2.38. The molecule has 0 bridgehead atoms. The SMILES string of the molecule is CCCOc1ccc(C2CC(=O)C3=C(C2)NC(=O)CC3c2ccc(OCC)c(OC)c2)cc1. The number of methoxy groups -OCH3 is 1. The minimum absolute atomic E-state index is 0.0328. The molecule has 1 aliphatic carbocycles. The summed E-state index contributed by atoms with van der Waals surface area (Å²) in [5.74, 6) is 1.86. The van der Waals surface area contributed by atoms with Crippen molar-refractivity contribution < 1.29 is 23.8 Å². The Hall–Kier alpha value is -3.28. The van der Waals surface area contributed by atoms with Gasteiger partial charge in [0.05, 0.1) is 20.3 Å². The van der Waals surface area contributed by atoms with Gasteiger partial charge in [-0.3, -0.25) is 9.59 Å². The molecule has 2 unspecified atom stereocenters. The lowest BCUT2D eigenvalue weighted by atomic mass is 9.73. The fourth-order valence-corrected chi connectivity index (χ4v) is 4.71. The summed E-state index contributed by atoms with van der Waals surface area (Å²) in [6.45, 7) is 5.20. The number of hydrogen-bond donors (Lipinski definition) is 1. The van der Waals surface area contributed by atoms with Crippen LogP contribution in [0.25, 0.3) is 0 Å². The van der Waals surface area contributed by atoms with Crippen molar-refractivity contribution in [1.82, 2.24) is 5.32 Å². The Morgan fingerprint density at radius 3 is 2.36 bits per heavy atom. The molecule has 0 spiro atoms. The van der Waals surface area contributed by atoms with Crippen molar-refractivity contribution in [3.63, 3.8) is 0 Å². The monoisotopic (exact) mass is 449 g/mol. The molecule has 1 aliphatic heterocycles. The maximum atomic E-state index is 13.3. The maximum Gasteiger partial charge on any atom is 0.225 e. The van der Waals surface area contributed by atoms with Crippen molar-refractivity contribution in [1.29, 1.82) is 0 Å². The third-order valence-corrected chi connectivity index (χ3v) is 6.25. The smallest absolute Gasteiger partial charge is 0.225 e. The van der Waals surface area contributed by atoms with Gasteiger partial charge >= 0.3 is 0 Å². The second-order valence-electron chi connectivity index (χ2n) is 8.49. The van der Waals surface area contributed by atoms with Crippen LogP contribution in [0.2, 0.25) is 0 Å². The van der Waals surface area contributed by atoms with Gasteiger partial charge in [-0.05, 0) is 61.1 Å². The highest BCUT2D eigenvalue weighted by molar-refractivity contribution is 6.02. The van der Waals surface area contributed by atoms with Crippen molar-refractivity contribution in [2.75, 3.05) is 20.3 Å². The molecule has 1 N–H and O–H groups in total. The Balaban J connectivity index is 1.61. The molecule has 0 aromatic heterocycles. The number of allylic oxidation sites excluding steroid dienone is 2. The van der Waals surface area contributed by atoms with E-state index in [9.17, 15) is 9.59 Å². The fourth-order valence-electron chi connectivity index (χ4n) is 4.71. The molecule has 2 aromatic rings. The molecule has 2 atom stereocenters. The topological polar surface area (TPSA) is 73.9 Å². The zero-order valence-electron chi connectivity index (χ0n) is 19.5. The van der Waals surface area contributed by atoms with Gasteiger partial charge in [0.2, 0.25) is 5.91 Å². The van der Waals surface area contributed by atoms with Crippen LogP contribution in [0, 0.1) is 0 Å². The van der Waals surface area contributed by atoms with Crippen molar-refractivity contribution in [2.45, 2.75) is 51.4 Å². The minimum atomic E-state index is -0.281. The van der Waals surface area contributed by atoms with Crippen LogP contribution in [-0.2, 0) is 9.59 Å². The Labute approximate surface area is 194 Å². The number of amides is 1. The molecule has 0 radical (unpaired) electrons. The van der Waals surface area contributed by atoms with Crippen LogP contribution in [0.15, 0.2) is 53.7 Å². The number of carbonyl (C=O) groups is 2.